The van der Waals surface area contributed by atoms with Crippen LogP contribution < -0.4 is 5.43 Å². The van der Waals surface area contributed by atoms with Crippen molar-refractivity contribution in [1.29, 1.82) is 0 Å². The van der Waals surface area contributed by atoms with E-state index in [1.54, 1.807) is 6.20 Å². The zero-order valence-electron chi connectivity index (χ0n) is 5.57. The number of rotatable bonds is 2. The molecule has 1 aliphatic rings. The minimum atomic E-state index is 0.812. The standard InChI is InChI=1S/C5H9N4/c1-9(2)4-5-3-6-8-7-5/h3H,4H2,1-2H3. The minimum absolute atomic E-state index is 0.812. The van der Waals surface area contributed by atoms with Gasteiger partial charge in [-0.25, -0.2) is 0 Å². The summed E-state index contributed by atoms with van der Waals surface area (Å²) >= 11 is 0. The molecule has 4 heteroatoms. The van der Waals surface area contributed by atoms with E-state index in [4.69, 9.17) is 0 Å². The molecule has 1 heterocycles. The molecule has 0 atom stereocenters. The quantitative estimate of drug-likeness (QED) is 0.526. The van der Waals surface area contributed by atoms with Crippen molar-refractivity contribution in [2.45, 2.75) is 0 Å². The van der Waals surface area contributed by atoms with Crippen LogP contribution in [0.2, 0.25) is 0 Å². The van der Waals surface area contributed by atoms with Crippen molar-refractivity contribution in [2.75, 3.05) is 20.6 Å². The van der Waals surface area contributed by atoms with Crippen LogP contribution in [0.15, 0.2) is 22.2 Å². The van der Waals surface area contributed by atoms with Crippen molar-refractivity contribution < 1.29 is 0 Å². The first-order chi connectivity index (χ1) is 4.29. The van der Waals surface area contributed by atoms with Gasteiger partial charge >= 0.3 is 0 Å². The largest absolute Gasteiger partial charge is 0.303 e. The molecule has 0 aromatic carbocycles. The fourth-order valence-corrected chi connectivity index (χ4v) is 0.598. The molecule has 0 unspecified atom stereocenters. The molecule has 1 radical (unpaired) electrons. The van der Waals surface area contributed by atoms with Crippen molar-refractivity contribution in [3.63, 3.8) is 0 Å². The SMILES string of the molecule is CN(C)CC1=C[N]N=N1. The van der Waals surface area contributed by atoms with Gasteiger partial charge in [0.05, 0.1) is 11.9 Å². The van der Waals surface area contributed by atoms with E-state index < -0.39 is 0 Å². The van der Waals surface area contributed by atoms with Crippen LogP contribution in [0.4, 0.5) is 0 Å². The van der Waals surface area contributed by atoms with Crippen molar-refractivity contribution in [1.82, 2.24) is 10.3 Å². The highest BCUT2D eigenvalue weighted by atomic mass is 15.4. The molecular formula is C5H9N4. The third kappa shape index (κ3) is 1.81. The highest BCUT2D eigenvalue weighted by molar-refractivity contribution is 5.01. The molecule has 49 valence electrons. The van der Waals surface area contributed by atoms with Gasteiger partial charge in [0.15, 0.2) is 0 Å². The van der Waals surface area contributed by atoms with E-state index in [1.165, 1.54) is 0 Å². The maximum atomic E-state index is 3.75. The third-order valence-electron chi connectivity index (χ3n) is 0.910. The highest BCUT2D eigenvalue weighted by Gasteiger charge is 2.01. The van der Waals surface area contributed by atoms with Crippen LogP contribution in [-0.2, 0) is 0 Å². The first kappa shape index (κ1) is 6.22. The summed E-state index contributed by atoms with van der Waals surface area (Å²) in [7, 11) is 3.96. The van der Waals surface area contributed by atoms with E-state index in [0.29, 0.717) is 0 Å². The van der Waals surface area contributed by atoms with Gasteiger partial charge in [-0.2, -0.15) is 0 Å². The van der Waals surface area contributed by atoms with E-state index in [9.17, 15) is 0 Å². The number of likely N-dealkylation sites (N-methyl/N-ethyl adjacent to an activating group) is 1. The monoisotopic (exact) mass is 125 g/mol. The maximum absolute atomic E-state index is 3.75. The summed E-state index contributed by atoms with van der Waals surface area (Å²) in [6.45, 7) is 0.812. The summed E-state index contributed by atoms with van der Waals surface area (Å²) in [5.41, 5.74) is 4.50. The lowest BCUT2D eigenvalue weighted by molar-refractivity contribution is 0.443. The maximum Gasteiger partial charge on any atom is 0.0990 e. The fourth-order valence-electron chi connectivity index (χ4n) is 0.598. The first-order valence-electron chi connectivity index (χ1n) is 2.73. The molecular weight excluding hydrogens is 116 g/mol. The van der Waals surface area contributed by atoms with Crippen molar-refractivity contribution >= 4 is 0 Å². The second-order valence-electron chi connectivity index (χ2n) is 2.16. The second-order valence-corrected chi connectivity index (χ2v) is 2.16. The normalized spacial score (nSPS) is 16.1. The highest BCUT2D eigenvalue weighted by Crippen LogP contribution is 2.02. The van der Waals surface area contributed by atoms with Gasteiger partial charge in [-0.3, -0.25) is 0 Å². The Bertz CT molecular complexity index is 147. The zero-order valence-corrected chi connectivity index (χ0v) is 5.57. The topological polar surface area (TPSA) is 42.1 Å². The summed E-state index contributed by atoms with van der Waals surface area (Å²) < 4.78 is 0. The van der Waals surface area contributed by atoms with Crippen LogP contribution in [-0.4, -0.2) is 25.5 Å². The summed E-state index contributed by atoms with van der Waals surface area (Å²) in [5, 5.41) is 7.20. The van der Waals surface area contributed by atoms with E-state index >= 15 is 0 Å². The van der Waals surface area contributed by atoms with Crippen LogP contribution in [0.1, 0.15) is 0 Å². The predicted molar refractivity (Wildman–Crippen MR) is 33.6 cm³/mol. The molecule has 0 aliphatic carbocycles. The van der Waals surface area contributed by atoms with Crippen molar-refractivity contribution in [2.24, 2.45) is 10.3 Å². The number of nitrogens with zero attached hydrogens (tertiary/aromatic N) is 4. The molecule has 0 N–H and O–H groups in total. The van der Waals surface area contributed by atoms with Gasteiger partial charge in [-0.05, 0) is 19.3 Å². The van der Waals surface area contributed by atoms with Gasteiger partial charge in [0.1, 0.15) is 0 Å². The van der Waals surface area contributed by atoms with Crippen molar-refractivity contribution in [3.05, 3.63) is 11.9 Å². The van der Waals surface area contributed by atoms with Gasteiger partial charge in [0.25, 0.3) is 0 Å². The van der Waals surface area contributed by atoms with Gasteiger partial charge in [-0.15, -0.1) is 10.5 Å². The van der Waals surface area contributed by atoms with Crippen molar-refractivity contribution in [3.8, 4) is 0 Å². The van der Waals surface area contributed by atoms with Crippen LogP contribution in [0.5, 0.6) is 0 Å². The van der Waals surface area contributed by atoms with Crippen LogP contribution in [0.3, 0.4) is 0 Å². The van der Waals surface area contributed by atoms with E-state index in [1.807, 2.05) is 19.0 Å². The Balaban J connectivity index is 2.35. The molecule has 0 aromatic heterocycles. The van der Waals surface area contributed by atoms with Gasteiger partial charge in [0, 0.05) is 6.54 Å². The molecule has 0 aromatic rings. The third-order valence-corrected chi connectivity index (χ3v) is 0.910. The van der Waals surface area contributed by atoms with Crippen LogP contribution in [0.25, 0.3) is 0 Å². The molecule has 0 saturated carbocycles. The van der Waals surface area contributed by atoms with Gasteiger partial charge in [-0.1, -0.05) is 0 Å². The Hall–Kier alpha value is -0.900. The Morgan fingerprint density at radius 3 is 2.78 bits per heavy atom. The molecule has 9 heavy (non-hydrogen) atoms. The lowest BCUT2D eigenvalue weighted by Gasteiger charge is -2.05. The smallest absolute Gasteiger partial charge is 0.0990 e. The minimum Gasteiger partial charge on any atom is -0.303 e. The van der Waals surface area contributed by atoms with E-state index in [-0.39, 0.29) is 0 Å². The lowest BCUT2D eigenvalue weighted by atomic mass is 10.4. The molecule has 4 nitrogen and oxygen atoms in total. The first-order valence-corrected chi connectivity index (χ1v) is 2.73. The zero-order chi connectivity index (χ0) is 6.69. The lowest BCUT2D eigenvalue weighted by Crippen LogP contribution is -2.13. The number of hydrogen-bond donors (Lipinski definition) is 0. The Labute approximate surface area is 54.2 Å². The molecule has 1 rings (SSSR count). The average Bonchev–Trinajstić information content (AvgIpc) is 2.15. The van der Waals surface area contributed by atoms with Crippen LogP contribution in [0, 0.1) is 0 Å². The molecule has 0 fully saturated rings. The molecule has 0 bridgehead atoms. The molecule has 0 spiro atoms. The van der Waals surface area contributed by atoms with Gasteiger partial charge in [0.2, 0.25) is 0 Å². The van der Waals surface area contributed by atoms with E-state index in [0.717, 1.165) is 12.2 Å². The number of hydrogen-bond acceptors (Lipinski definition) is 3. The molecule has 0 amide bonds. The Kier molecular flexibility index (Phi) is 1.79. The molecule has 0 saturated heterocycles. The summed E-state index contributed by atoms with van der Waals surface area (Å²) in [6.07, 6.45) is 1.67. The Morgan fingerprint density at radius 2 is 2.33 bits per heavy atom. The predicted octanol–water partition coefficient (Wildman–Crippen LogP) is 0.375. The summed E-state index contributed by atoms with van der Waals surface area (Å²) in [6, 6.07) is 0. The Morgan fingerprint density at radius 1 is 1.56 bits per heavy atom. The fraction of sp³-hybridized carbons (Fsp3) is 0.600. The summed E-state index contributed by atoms with van der Waals surface area (Å²) in [4.78, 5) is 2.02. The average molecular weight is 125 g/mol. The summed E-state index contributed by atoms with van der Waals surface area (Å²) in [5.74, 6) is 0. The second kappa shape index (κ2) is 2.59. The van der Waals surface area contributed by atoms with E-state index in [2.05, 4.69) is 15.8 Å². The molecule has 1 aliphatic heterocycles. The van der Waals surface area contributed by atoms with Crippen LogP contribution >= 0.6 is 0 Å². The van der Waals surface area contributed by atoms with Gasteiger partial charge < -0.3 is 4.90 Å².